The van der Waals surface area contributed by atoms with Crippen molar-refractivity contribution in [1.29, 1.82) is 0 Å². The highest BCUT2D eigenvalue weighted by Gasteiger charge is 2.19. The molecule has 0 bridgehead atoms. The first-order valence-electron chi connectivity index (χ1n) is 7.29. The van der Waals surface area contributed by atoms with Gasteiger partial charge in [-0.1, -0.05) is 6.07 Å². The zero-order valence-electron chi connectivity index (χ0n) is 12.0. The Kier molecular flexibility index (Phi) is 5.76. The minimum Gasteiger partial charge on any atom is -0.329 e. The van der Waals surface area contributed by atoms with Gasteiger partial charge in [0.1, 0.15) is 0 Å². The van der Waals surface area contributed by atoms with Crippen molar-refractivity contribution in [1.82, 2.24) is 14.8 Å². The fourth-order valence-corrected chi connectivity index (χ4v) is 2.85. The standard InChI is InChI=1S/C15H26N4/c1-18(13-15-4-2-3-8-17-15)12-14-5-9-19(10-6-14)11-7-16/h2-4,8,14H,5-7,9-13,16H2,1H3. The summed E-state index contributed by atoms with van der Waals surface area (Å²) in [5, 5.41) is 0. The zero-order chi connectivity index (χ0) is 13.5. The van der Waals surface area contributed by atoms with Crippen LogP contribution in [-0.4, -0.2) is 54.6 Å². The molecule has 0 saturated carbocycles. The Labute approximate surface area is 116 Å². The van der Waals surface area contributed by atoms with Crippen molar-refractivity contribution >= 4 is 0 Å². The number of piperidine rings is 1. The molecule has 0 aromatic carbocycles. The maximum Gasteiger partial charge on any atom is 0.0543 e. The molecular formula is C15H26N4. The number of nitrogens with zero attached hydrogens (tertiary/aromatic N) is 3. The number of aromatic nitrogens is 1. The number of nitrogens with two attached hydrogens (primary N) is 1. The van der Waals surface area contributed by atoms with E-state index in [0.717, 1.165) is 31.2 Å². The van der Waals surface area contributed by atoms with E-state index in [1.165, 1.54) is 32.5 Å². The van der Waals surface area contributed by atoms with Gasteiger partial charge in [0.25, 0.3) is 0 Å². The number of likely N-dealkylation sites (tertiary alicyclic amines) is 1. The summed E-state index contributed by atoms with van der Waals surface area (Å²) in [6, 6.07) is 6.12. The van der Waals surface area contributed by atoms with Crippen molar-refractivity contribution in [2.24, 2.45) is 11.7 Å². The van der Waals surface area contributed by atoms with E-state index in [1.807, 2.05) is 12.3 Å². The summed E-state index contributed by atoms with van der Waals surface area (Å²) in [5.41, 5.74) is 6.76. The number of rotatable bonds is 6. The second-order valence-corrected chi connectivity index (χ2v) is 5.59. The quantitative estimate of drug-likeness (QED) is 0.836. The SMILES string of the molecule is CN(Cc1ccccn1)CC1CCN(CCN)CC1. The Morgan fingerprint density at radius 3 is 2.79 bits per heavy atom. The lowest BCUT2D eigenvalue weighted by molar-refractivity contribution is 0.154. The van der Waals surface area contributed by atoms with Gasteiger partial charge in [-0.3, -0.25) is 4.98 Å². The highest BCUT2D eigenvalue weighted by molar-refractivity contribution is 5.03. The van der Waals surface area contributed by atoms with Crippen LogP contribution in [0.3, 0.4) is 0 Å². The zero-order valence-corrected chi connectivity index (χ0v) is 12.0. The van der Waals surface area contributed by atoms with Gasteiger partial charge < -0.3 is 15.5 Å². The first-order chi connectivity index (χ1) is 9.28. The fourth-order valence-electron chi connectivity index (χ4n) is 2.85. The van der Waals surface area contributed by atoms with Gasteiger partial charge in [0.15, 0.2) is 0 Å². The van der Waals surface area contributed by atoms with Crippen molar-refractivity contribution < 1.29 is 0 Å². The monoisotopic (exact) mass is 262 g/mol. The lowest BCUT2D eigenvalue weighted by Crippen LogP contribution is -2.39. The van der Waals surface area contributed by atoms with Crippen LogP contribution in [0.5, 0.6) is 0 Å². The van der Waals surface area contributed by atoms with Crippen LogP contribution in [0.25, 0.3) is 0 Å². The average Bonchev–Trinajstić information content (AvgIpc) is 2.42. The van der Waals surface area contributed by atoms with Crippen LogP contribution in [0.4, 0.5) is 0 Å². The van der Waals surface area contributed by atoms with Crippen LogP contribution in [-0.2, 0) is 6.54 Å². The van der Waals surface area contributed by atoms with Crippen LogP contribution >= 0.6 is 0 Å². The number of hydrogen-bond donors (Lipinski definition) is 1. The third-order valence-corrected chi connectivity index (χ3v) is 3.88. The summed E-state index contributed by atoms with van der Waals surface area (Å²) in [6.07, 6.45) is 4.47. The molecule has 2 N–H and O–H groups in total. The van der Waals surface area contributed by atoms with Crippen molar-refractivity contribution in [2.45, 2.75) is 19.4 Å². The molecule has 1 saturated heterocycles. The van der Waals surface area contributed by atoms with Crippen LogP contribution in [0.15, 0.2) is 24.4 Å². The molecule has 0 spiro atoms. The third kappa shape index (κ3) is 4.90. The molecule has 4 nitrogen and oxygen atoms in total. The van der Waals surface area contributed by atoms with E-state index in [9.17, 15) is 0 Å². The highest BCUT2D eigenvalue weighted by Crippen LogP contribution is 2.18. The third-order valence-electron chi connectivity index (χ3n) is 3.88. The summed E-state index contributed by atoms with van der Waals surface area (Å²) < 4.78 is 0. The van der Waals surface area contributed by atoms with Gasteiger partial charge in [0.05, 0.1) is 5.69 Å². The predicted octanol–water partition coefficient (Wildman–Crippen LogP) is 1.18. The largest absolute Gasteiger partial charge is 0.329 e. The first-order valence-corrected chi connectivity index (χ1v) is 7.29. The Bertz CT molecular complexity index is 346. The first kappa shape index (κ1) is 14.4. The van der Waals surface area contributed by atoms with E-state index in [0.29, 0.717) is 0 Å². The molecule has 0 atom stereocenters. The molecular weight excluding hydrogens is 236 g/mol. The van der Waals surface area contributed by atoms with Gasteiger partial charge in [0, 0.05) is 32.4 Å². The lowest BCUT2D eigenvalue weighted by atomic mass is 9.96. The minimum atomic E-state index is 0.782. The van der Waals surface area contributed by atoms with E-state index < -0.39 is 0 Å². The molecule has 0 radical (unpaired) electrons. The molecule has 1 aliphatic rings. The molecule has 106 valence electrons. The van der Waals surface area contributed by atoms with E-state index in [-0.39, 0.29) is 0 Å². The number of hydrogen-bond acceptors (Lipinski definition) is 4. The number of pyridine rings is 1. The Hall–Kier alpha value is -0.970. The predicted molar refractivity (Wildman–Crippen MR) is 78.8 cm³/mol. The molecule has 4 heteroatoms. The Balaban J connectivity index is 1.70. The van der Waals surface area contributed by atoms with E-state index in [1.54, 1.807) is 0 Å². The molecule has 1 aliphatic heterocycles. The Morgan fingerprint density at radius 2 is 2.16 bits per heavy atom. The van der Waals surface area contributed by atoms with Crippen molar-refractivity contribution in [3.8, 4) is 0 Å². The second-order valence-electron chi connectivity index (χ2n) is 5.59. The molecule has 0 aliphatic carbocycles. The molecule has 1 fully saturated rings. The van der Waals surface area contributed by atoms with E-state index in [4.69, 9.17) is 5.73 Å². The summed E-state index contributed by atoms with van der Waals surface area (Å²) in [7, 11) is 2.20. The van der Waals surface area contributed by atoms with Crippen molar-refractivity contribution in [3.63, 3.8) is 0 Å². The summed E-state index contributed by atoms with van der Waals surface area (Å²) in [5.74, 6) is 0.822. The average molecular weight is 262 g/mol. The minimum absolute atomic E-state index is 0.782. The van der Waals surface area contributed by atoms with Gasteiger partial charge in [0.2, 0.25) is 0 Å². The van der Waals surface area contributed by atoms with E-state index in [2.05, 4.69) is 34.0 Å². The van der Waals surface area contributed by atoms with Crippen LogP contribution < -0.4 is 5.73 Å². The van der Waals surface area contributed by atoms with Gasteiger partial charge in [-0.15, -0.1) is 0 Å². The molecule has 0 unspecified atom stereocenters. The van der Waals surface area contributed by atoms with Crippen LogP contribution in [0.1, 0.15) is 18.5 Å². The van der Waals surface area contributed by atoms with Crippen molar-refractivity contribution in [2.75, 3.05) is 39.8 Å². The highest BCUT2D eigenvalue weighted by atomic mass is 15.1. The summed E-state index contributed by atoms with van der Waals surface area (Å²) >= 11 is 0. The van der Waals surface area contributed by atoms with Gasteiger partial charge in [-0.05, 0) is 51.0 Å². The van der Waals surface area contributed by atoms with Gasteiger partial charge in [-0.2, -0.15) is 0 Å². The molecule has 2 rings (SSSR count). The van der Waals surface area contributed by atoms with Crippen molar-refractivity contribution in [3.05, 3.63) is 30.1 Å². The molecule has 0 amide bonds. The fraction of sp³-hybridized carbons (Fsp3) is 0.667. The lowest BCUT2D eigenvalue weighted by Gasteiger charge is -2.33. The van der Waals surface area contributed by atoms with Gasteiger partial charge >= 0.3 is 0 Å². The topological polar surface area (TPSA) is 45.4 Å². The summed E-state index contributed by atoms with van der Waals surface area (Å²) in [6.45, 7) is 6.37. The molecule has 19 heavy (non-hydrogen) atoms. The second kappa shape index (κ2) is 7.58. The smallest absolute Gasteiger partial charge is 0.0543 e. The van der Waals surface area contributed by atoms with E-state index >= 15 is 0 Å². The maximum absolute atomic E-state index is 5.60. The molecule has 1 aromatic heterocycles. The van der Waals surface area contributed by atoms with Crippen LogP contribution in [0, 0.1) is 5.92 Å². The maximum atomic E-state index is 5.60. The normalized spacial score (nSPS) is 18.1. The van der Waals surface area contributed by atoms with Crippen LogP contribution in [0.2, 0.25) is 0 Å². The van der Waals surface area contributed by atoms with Gasteiger partial charge in [-0.25, -0.2) is 0 Å². The molecule has 2 heterocycles. The Morgan fingerprint density at radius 1 is 1.37 bits per heavy atom. The molecule has 1 aromatic rings. The summed E-state index contributed by atoms with van der Waals surface area (Å²) in [4.78, 5) is 9.26.